The molecule has 0 radical (unpaired) electrons. The van der Waals surface area contributed by atoms with Gasteiger partial charge in [-0.2, -0.15) is 0 Å². The topological polar surface area (TPSA) is 44.6 Å². The van der Waals surface area contributed by atoms with Gasteiger partial charge in [-0.15, -0.1) is 0 Å². The van der Waals surface area contributed by atoms with Crippen molar-refractivity contribution in [1.29, 1.82) is 0 Å². The molecule has 0 aromatic heterocycles. The molecule has 13 heavy (non-hydrogen) atoms. The molecule has 3 heteroatoms. The second kappa shape index (κ2) is 5.22. The van der Waals surface area contributed by atoms with Crippen LogP contribution in [0.1, 0.15) is 33.1 Å². The number of nitrogens with one attached hydrogen (secondary N) is 1. The van der Waals surface area contributed by atoms with Gasteiger partial charge in [-0.1, -0.05) is 13.8 Å². The van der Waals surface area contributed by atoms with Crippen LogP contribution in [0.25, 0.3) is 0 Å². The summed E-state index contributed by atoms with van der Waals surface area (Å²) in [6, 6.07) is 0.192. The molecule has 2 N–H and O–H groups in total. The summed E-state index contributed by atoms with van der Waals surface area (Å²) in [5.74, 6) is 1.70. The van der Waals surface area contributed by atoms with Crippen molar-refractivity contribution in [1.82, 2.24) is 5.32 Å². The lowest BCUT2D eigenvalue weighted by atomic mass is 10.0. The highest BCUT2D eigenvalue weighted by Crippen LogP contribution is 2.07. The fourth-order valence-corrected chi connectivity index (χ4v) is 1.64. The Morgan fingerprint density at radius 2 is 2.31 bits per heavy atom. The molecule has 3 nitrogen and oxygen atoms in total. The summed E-state index contributed by atoms with van der Waals surface area (Å²) < 4.78 is 0. The minimum Gasteiger partial charge on any atom is -0.394 e. The van der Waals surface area contributed by atoms with Gasteiger partial charge in [-0.05, 0) is 18.8 Å². The zero-order valence-corrected chi connectivity index (χ0v) is 8.58. The first-order chi connectivity index (χ1) is 6.22. The van der Waals surface area contributed by atoms with Crippen molar-refractivity contribution >= 4 is 5.84 Å². The molecule has 76 valence electrons. The summed E-state index contributed by atoms with van der Waals surface area (Å²) >= 11 is 0. The van der Waals surface area contributed by atoms with E-state index in [4.69, 9.17) is 5.11 Å². The van der Waals surface area contributed by atoms with E-state index in [1.165, 1.54) is 0 Å². The van der Waals surface area contributed by atoms with E-state index in [2.05, 4.69) is 24.2 Å². The molecule has 0 saturated carbocycles. The number of amidine groups is 1. The molecule has 0 amide bonds. The van der Waals surface area contributed by atoms with Crippen molar-refractivity contribution in [3.05, 3.63) is 0 Å². The van der Waals surface area contributed by atoms with Crippen LogP contribution >= 0.6 is 0 Å². The first-order valence-electron chi connectivity index (χ1n) is 5.13. The van der Waals surface area contributed by atoms with Crippen LogP contribution in [0.15, 0.2) is 4.99 Å². The quantitative estimate of drug-likeness (QED) is 0.689. The van der Waals surface area contributed by atoms with Gasteiger partial charge in [0, 0.05) is 13.0 Å². The van der Waals surface area contributed by atoms with E-state index >= 15 is 0 Å². The van der Waals surface area contributed by atoms with Crippen molar-refractivity contribution in [2.45, 2.75) is 39.2 Å². The zero-order valence-electron chi connectivity index (χ0n) is 8.58. The third kappa shape index (κ3) is 3.77. The standard InChI is InChI=1S/C10H20N2O/c1-8(2)6-9(7-13)12-10-4-3-5-11-10/h8-9,13H,3-7H2,1-2H3,(H,11,12). The van der Waals surface area contributed by atoms with Gasteiger partial charge >= 0.3 is 0 Å². The predicted molar refractivity (Wildman–Crippen MR) is 55.0 cm³/mol. The van der Waals surface area contributed by atoms with Gasteiger partial charge in [-0.3, -0.25) is 4.99 Å². The zero-order chi connectivity index (χ0) is 9.68. The average molecular weight is 184 g/mol. The van der Waals surface area contributed by atoms with Gasteiger partial charge in [0.05, 0.1) is 18.5 Å². The van der Waals surface area contributed by atoms with E-state index < -0.39 is 0 Å². The minimum absolute atomic E-state index is 0.192. The van der Waals surface area contributed by atoms with Gasteiger partial charge in [0.2, 0.25) is 0 Å². The number of hydrogen-bond donors (Lipinski definition) is 2. The molecular weight excluding hydrogens is 164 g/mol. The minimum atomic E-state index is 0.192. The molecule has 0 aromatic carbocycles. The van der Waals surface area contributed by atoms with Gasteiger partial charge in [-0.25, -0.2) is 0 Å². The van der Waals surface area contributed by atoms with Crippen molar-refractivity contribution in [2.24, 2.45) is 10.9 Å². The summed E-state index contributed by atoms with van der Waals surface area (Å²) in [5.41, 5.74) is 0. The maximum absolute atomic E-state index is 9.12. The van der Waals surface area contributed by atoms with Gasteiger partial charge < -0.3 is 10.4 Å². The molecule has 1 aliphatic heterocycles. The molecule has 1 rings (SSSR count). The Labute approximate surface area is 80.3 Å². The lowest BCUT2D eigenvalue weighted by Crippen LogP contribution is -2.37. The number of nitrogens with zero attached hydrogens (tertiary/aromatic N) is 1. The van der Waals surface area contributed by atoms with E-state index in [9.17, 15) is 0 Å². The largest absolute Gasteiger partial charge is 0.394 e. The van der Waals surface area contributed by atoms with Crippen LogP contribution in [0.4, 0.5) is 0 Å². The highest BCUT2D eigenvalue weighted by Gasteiger charge is 2.13. The Morgan fingerprint density at radius 1 is 1.54 bits per heavy atom. The highest BCUT2D eigenvalue weighted by molar-refractivity contribution is 5.83. The Bertz CT molecular complexity index is 178. The van der Waals surface area contributed by atoms with Crippen LogP contribution in [-0.2, 0) is 0 Å². The molecule has 0 spiro atoms. The van der Waals surface area contributed by atoms with E-state index in [0.29, 0.717) is 5.92 Å². The molecule has 1 unspecified atom stereocenters. The van der Waals surface area contributed by atoms with E-state index in [0.717, 1.165) is 31.6 Å². The summed E-state index contributed by atoms with van der Waals surface area (Å²) in [4.78, 5) is 4.33. The third-order valence-electron chi connectivity index (χ3n) is 2.22. The van der Waals surface area contributed by atoms with E-state index in [1.807, 2.05) is 0 Å². The Hall–Kier alpha value is -0.570. The molecule has 0 saturated heterocycles. The fraction of sp³-hybridized carbons (Fsp3) is 0.900. The number of aliphatic hydroxyl groups is 1. The number of rotatable bonds is 4. The lowest BCUT2D eigenvalue weighted by molar-refractivity contribution is 0.238. The van der Waals surface area contributed by atoms with E-state index in [-0.39, 0.29) is 12.6 Å². The molecule has 0 bridgehead atoms. The van der Waals surface area contributed by atoms with Gasteiger partial charge in [0.15, 0.2) is 0 Å². The van der Waals surface area contributed by atoms with Gasteiger partial charge in [0.1, 0.15) is 0 Å². The molecule has 0 fully saturated rings. The van der Waals surface area contributed by atoms with Crippen molar-refractivity contribution < 1.29 is 5.11 Å². The predicted octanol–water partition coefficient (Wildman–Crippen LogP) is 1.18. The Morgan fingerprint density at radius 3 is 2.77 bits per heavy atom. The molecule has 1 atom stereocenters. The van der Waals surface area contributed by atoms with Crippen LogP contribution in [0.2, 0.25) is 0 Å². The van der Waals surface area contributed by atoms with Crippen molar-refractivity contribution in [3.63, 3.8) is 0 Å². The molecule has 0 aliphatic carbocycles. The lowest BCUT2D eigenvalue weighted by Gasteiger charge is -2.19. The highest BCUT2D eigenvalue weighted by atomic mass is 16.3. The van der Waals surface area contributed by atoms with Crippen molar-refractivity contribution in [2.75, 3.05) is 13.2 Å². The van der Waals surface area contributed by atoms with Crippen LogP contribution < -0.4 is 5.32 Å². The second-order valence-electron chi connectivity index (χ2n) is 4.09. The smallest absolute Gasteiger partial charge is 0.0966 e. The maximum Gasteiger partial charge on any atom is 0.0966 e. The normalized spacial score (nSPS) is 18.9. The van der Waals surface area contributed by atoms with Crippen LogP contribution in [0, 0.1) is 5.92 Å². The summed E-state index contributed by atoms with van der Waals surface area (Å²) in [7, 11) is 0. The van der Waals surface area contributed by atoms with Crippen LogP contribution in [0.5, 0.6) is 0 Å². The van der Waals surface area contributed by atoms with Crippen LogP contribution in [0.3, 0.4) is 0 Å². The number of aliphatic hydroxyl groups excluding tert-OH is 1. The number of aliphatic imine (C=N–C) groups is 1. The van der Waals surface area contributed by atoms with E-state index in [1.54, 1.807) is 0 Å². The Kier molecular flexibility index (Phi) is 4.22. The van der Waals surface area contributed by atoms with Crippen molar-refractivity contribution in [3.8, 4) is 0 Å². The first-order valence-corrected chi connectivity index (χ1v) is 5.13. The third-order valence-corrected chi connectivity index (χ3v) is 2.22. The first kappa shape index (κ1) is 10.5. The fourth-order valence-electron chi connectivity index (χ4n) is 1.64. The van der Waals surface area contributed by atoms with Crippen LogP contribution in [-0.4, -0.2) is 30.1 Å². The Balaban J connectivity index is 2.30. The second-order valence-corrected chi connectivity index (χ2v) is 4.09. The number of hydrogen-bond acceptors (Lipinski definition) is 3. The summed E-state index contributed by atoms with van der Waals surface area (Å²) in [6.07, 6.45) is 3.21. The monoisotopic (exact) mass is 184 g/mol. The summed E-state index contributed by atoms with van der Waals surface area (Å²) in [6.45, 7) is 5.49. The maximum atomic E-state index is 9.12. The molecule has 1 aliphatic rings. The van der Waals surface area contributed by atoms with Gasteiger partial charge in [0.25, 0.3) is 0 Å². The molecule has 1 heterocycles. The summed E-state index contributed by atoms with van der Waals surface area (Å²) in [5, 5.41) is 12.4. The average Bonchev–Trinajstić information content (AvgIpc) is 2.55. The molecular formula is C10H20N2O. The molecule has 0 aromatic rings. The SMILES string of the molecule is CC(C)CC(CO)NC1=NCCC1.